The highest BCUT2D eigenvalue weighted by Gasteiger charge is 2.29. The van der Waals surface area contributed by atoms with Crippen LogP contribution in [0.4, 0.5) is 0 Å². The highest BCUT2D eigenvalue weighted by Crippen LogP contribution is 2.35. The van der Waals surface area contributed by atoms with Gasteiger partial charge in [-0.15, -0.1) is 11.3 Å². The molecular weight excluding hydrogens is 374 g/mol. The Kier molecular flexibility index (Phi) is 5.71. The largest absolute Gasteiger partial charge is 0.459 e. The molecule has 4 rings (SSSR count). The molecule has 7 heteroatoms. The van der Waals surface area contributed by atoms with Gasteiger partial charge in [-0.25, -0.2) is 4.98 Å². The standard InChI is InChI=1S/C21H23N3O3S/c25-19(11-5-12-22-20(26)17-9-6-14-27-17)24-13-4-3-8-16(24)21-23-15-7-1-2-10-18(15)28-21/h1-2,6-7,9-10,14,16H,3-5,8,11-13H2,(H,22,26)/t16-/m0/s1. The van der Waals surface area contributed by atoms with Crippen molar-refractivity contribution in [2.45, 2.75) is 38.1 Å². The van der Waals surface area contributed by atoms with E-state index in [1.54, 1.807) is 23.5 Å². The molecule has 1 atom stereocenters. The summed E-state index contributed by atoms with van der Waals surface area (Å²) in [5, 5.41) is 3.82. The summed E-state index contributed by atoms with van der Waals surface area (Å²) >= 11 is 1.68. The number of nitrogens with one attached hydrogen (secondary N) is 1. The molecule has 3 heterocycles. The van der Waals surface area contributed by atoms with Crippen molar-refractivity contribution in [1.82, 2.24) is 15.2 Å². The minimum atomic E-state index is -0.247. The molecule has 0 aliphatic carbocycles. The van der Waals surface area contributed by atoms with Crippen LogP contribution in [0, 0.1) is 0 Å². The number of nitrogens with zero attached hydrogens (tertiary/aromatic N) is 2. The number of benzene rings is 1. The second kappa shape index (κ2) is 8.56. The summed E-state index contributed by atoms with van der Waals surface area (Å²) < 4.78 is 6.23. The van der Waals surface area contributed by atoms with Crippen LogP contribution in [0.25, 0.3) is 10.2 Å². The van der Waals surface area contributed by atoms with E-state index in [0.29, 0.717) is 25.1 Å². The molecule has 1 aliphatic rings. The molecule has 0 bridgehead atoms. The normalized spacial score (nSPS) is 17.0. The third kappa shape index (κ3) is 4.09. The molecule has 3 aromatic rings. The van der Waals surface area contributed by atoms with E-state index in [4.69, 9.17) is 9.40 Å². The number of fused-ring (bicyclic) bond motifs is 1. The molecule has 0 saturated carbocycles. The summed E-state index contributed by atoms with van der Waals surface area (Å²) in [6.45, 7) is 1.23. The van der Waals surface area contributed by atoms with Gasteiger partial charge < -0.3 is 14.6 Å². The first-order chi connectivity index (χ1) is 13.7. The average molecular weight is 398 g/mol. The summed E-state index contributed by atoms with van der Waals surface area (Å²) in [6, 6.07) is 11.5. The lowest BCUT2D eigenvalue weighted by atomic mass is 10.0. The molecule has 146 valence electrons. The molecule has 1 fully saturated rings. The van der Waals surface area contributed by atoms with E-state index in [0.717, 1.165) is 41.0 Å². The fourth-order valence-corrected chi connectivity index (χ4v) is 4.71. The summed E-state index contributed by atoms with van der Waals surface area (Å²) in [4.78, 5) is 31.5. The molecule has 0 unspecified atom stereocenters. The van der Waals surface area contributed by atoms with Gasteiger partial charge >= 0.3 is 0 Å². The fraction of sp³-hybridized carbons (Fsp3) is 0.381. The Morgan fingerprint density at radius 2 is 2.11 bits per heavy atom. The fourth-order valence-electron chi connectivity index (χ4n) is 3.60. The predicted molar refractivity (Wildman–Crippen MR) is 108 cm³/mol. The molecule has 1 N–H and O–H groups in total. The Balaban J connectivity index is 1.34. The van der Waals surface area contributed by atoms with E-state index in [1.165, 1.54) is 6.26 Å². The van der Waals surface area contributed by atoms with Gasteiger partial charge in [0.1, 0.15) is 5.01 Å². The number of hydrogen-bond donors (Lipinski definition) is 1. The number of carbonyl (C=O) groups excluding carboxylic acids is 2. The number of aromatic nitrogens is 1. The van der Waals surface area contributed by atoms with Crippen LogP contribution in [0.3, 0.4) is 0 Å². The van der Waals surface area contributed by atoms with Crippen LogP contribution < -0.4 is 5.32 Å². The van der Waals surface area contributed by atoms with Gasteiger partial charge in [0, 0.05) is 19.5 Å². The van der Waals surface area contributed by atoms with E-state index < -0.39 is 0 Å². The zero-order chi connectivity index (χ0) is 19.3. The molecule has 2 amide bonds. The van der Waals surface area contributed by atoms with Gasteiger partial charge in [0.25, 0.3) is 5.91 Å². The van der Waals surface area contributed by atoms with Crippen molar-refractivity contribution in [3.8, 4) is 0 Å². The van der Waals surface area contributed by atoms with Gasteiger partial charge in [-0.3, -0.25) is 9.59 Å². The molecule has 1 aliphatic heterocycles. The number of rotatable bonds is 6. The number of para-hydroxylation sites is 1. The topological polar surface area (TPSA) is 75.4 Å². The van der Waals surface area contributed by atoms with Crippen LogP contribution in [0.15, 0.2) is 47.1 Å². The van der Waals surface area contributed by atoms with Crippen LogP contribution in [0.1, 0.15) is 53.7 Å². The first-order valence-corrected chi connectivity index (χ1v) is 10.5. The SMILES string of the molecule is O=C(NCCCC(=O)N1CCCC[C@H]1c1nc2ccccc2s1)c1ccco1. The first kappa shape index (κ1) is 18.7. The summed E-state index contributed by atoms with van der Waals surface area (Å²) in [7, 11) is 0. The van der Waals surface area contributed by atoms with Crippen molar-refractivity contribution in [1.29, 1.82) is 0 Å². The van der Waals surface area contributed by atoms with E-state index in [9.17, 15) is 9.59 Å². The smallest absolute Gasteiger partial charge is 0.286 e. The van der Waals surface area contributed by atoms with Gasteiger partial charge in [-0.05, 0) is 49.9 Å². The van der Waals surface area contributed by atoms with Crippen LogP contribution in [0.2, 0.25) is 0 Å². The highest BCUT2D eigenvalue weighted by molar-refractivity contribution is 7.18. The first-order valence-electron chi connectivity index (χ1n) is 9.69. The van der Waals surface area contributed by atoms with Crippen molar-refractivity contribution in [3.05, 3.63) is 53.4 Å². The van der Waals surface area contributed by atoms with Gasteiger partial charge in [0.15, 0.2) is 5.76 Å². The lowest BCUT2D eigenvalue weighted by molar-refractivity contribution is -0.135. The molecule has 0 spiro atoms. The Labute approximate surface area is 167 Å². The Bertz CT molecular complexity index is 918. The number of amides is 2. The third-order valence-electron chi connectivity index (χ3n) is 5.02. The number of likely N-dealkylation sites (tertiary alicyclic amines) is 1. The second-order valence-electron chi connectivity index (χ2n) is 6.96. The molecular formula is C21H23N3O3S. The Hall–Kier alpha value is -2.67. The summed E-state index contributed by atoms with van der Waals surface area (Å²) in [5.74, 6) is 0.178. The molecule has 6 nitrogen and oxygen atoms in total. The van der Waals surface area contributed by atoms with Crippen molar-refractivity contribution < 1.29 is 14.0 Å². The Morgan fingerprint density at radius 3 is 2.93 bits per heavy atom. The number of furan rings is 1. The minimum absolute atomic E-state index is 0.0661. The van der Waals surface area contributed by atoms with Crippen molar-refractivity contribution >= 4 is 33.4 Å². The maximum Gasteiger partial charge on any atom is 0.286 e. The average Bonchev–Trinajstić information content (AvgIpc) is 3.40. The molecule has 28 heavy (non-hydrogen) atoms. The quantitative estimate of drug-likeness (QED) is 0.634. The number of piperidine rings is 1. The number of carbonyl (C=O) groups is 2. The van der Waals surface area contributed by atoms with E-state index in [2.05, 4.69) is 11.4 Å². The van der Waals surface area contributed by atoms with Crippen LogP contribution >= 0.6 is 11.3 Å². The van der Waals surface area contributed by atoms with Gasteiger partial charge in [-0.1, -0.05) is 12.1 Å². The predicted octanol–water partition coefficient (Wildman–Crippen LogP) is 4.15. The second-order valence-corrected chi connectivity index (χ2v) is 8.02. The van der Waals surface area contributed by atoms with Crippen molar-refractivity contribution in [2.75, 3.05) is 13.1 Å². The molecule has 1 saturated heterocycles. The van der Waals surface area contributed by atoms with Gasteiger partial charge in [0.05, 0.1) is 22.5 Å². The van der Waals surface area contributed by atoms with Crippen molar-refractivity contribution in [3.63, 3.8) is 0 Å². The summed E-state index contributed by atoms with van der Waals surface area (Å²) in [5.41, 5.74) is 1.00. The monoisotopic (exact) mass is 397 g/mol. The maximum absolute atomic E-state index is 12.8. The van der Waals surface area contributed by atoms with Crippen LogP contribution in [-0.2, 0) is 4.79 Å². The molecule has 1 aromatic carbocycles. The highest BCUT2D eigenvalue weighted by atomic mass is 32.1. The minimum Gasteiger partial charge on any atom is -0.459 e. The number of hydrogen-bond acceptors (Lipinski definition) is 5. The Morgan fingerprint density at radius 1 is 1.21 bits per heavy atom. The zero-order valence-electron chi connectivity index (χ0n) is 15.6. The van der Waals surface area contributed by atoms with E-state index in [1.807, 2.05) is 23.1 Å². The summed E-state index contributed by atoms with van der Waals surface area (Å²) in [6.07, 6.45) is 5.60. The molecule has 2 aromatic heterocycles. The maximum atomic E-state index is 12.8. The molecule has 0 radical (unpaired) electrons. The lowest BCUT2D eigenvalue weighted by Crippen LogP contribution is -2.38. The number of thiazole rings is 1. The van der Waals surface area contributed by atoms with E-state index in [-0.39, 0.29) is 17.9 Å². The zero-order valence-corrected chi connectivity index (χ0v) is 16.4. The van der Waals surface area contributed by atoms with E-state index >= 15 is 0 Å². The van der Waals surface area contributed by atoms with Crippen LogP contribution in [-0.4, -0.2) is 34.8 Å². The van der Waals surface area contributed by atoms with Gasteiger partial charge in [-0.2, -0.15) is 0 Å². The van der Waals surface area contributed by atoms with Crippen LogP contribution in [0.5, 0.6) is 0 Å². The third-order valence-corrected chi connectivity index (χ3v) is 6.15. The van der Waals surface area contributed by atoms with Gasteiger partial charge in [0.2, 0.25) is 5.91 Å². The lowest BCUT2D eigenvalue weighted by Gasteiger charge is -2.34. The van der Waals surface area contributed by atoms with Crippen molar-refractivity contribution in [2.24, 2.45) is 0 Å².